The molecule has 1 N–H and O–H groups in total. The Morgan fingerprint density at radius 1 is 1.05 bits per heavy atom. The van der Waals surface area contributed by atoms with Gasteiger partial charge in [0.25, 0.3) is 0 Å². The van der Waals surface area contributed by atoms with Gasteiger partial charge in [-0.25, -0.2) is 4.68 Å². The number of tetrazole rings is 1. The van der Waals surface area contributed by atoms with Crippen molar-refractivity contribution in [2.24, 2.45) is 0 Å². The Hall–Kier alpha value is -0.620. The molecule has 3 rings (SSSR count). The van der Waals surface area contributed by atoms with Crippen LogP contribution in [0.15, 0.2) is 5.16 Å². The predicted octanol–water partition coefficient (Wildman–Crippen LogP) is 2.80. The van der Waals surface area contributed by atoms with Crippen LogP contribution in [0.4, 0.5) is 0 Å². The third-order valence-corrected chi connectivity index (χ3v) is 6.06. The Morgan fingerprint density at radius 2 is 1.80 bits per heavy atom. The summed E-state index contributed by atoms with van der Waals surface area (Å²) in [5.74, 6) is 0. The predicted molar refractivity (Wildman–Crippen MR) is 80.9 cm³/mol. The molecule has 5 nitrogen and oxygen atoms in total. The lowest BCUT2D eigenvalue weighted by atomic mass is 10.1. The van der Waals surface area contributed by atoms with Crippen LogP contribution in [0.25, 0.3) is 0 Å². The normalized spacial score (nSPS) is 28.6. The molecule has 1 heterocycles. The molecular formula is C14H25N5S. The number of nitrogens with one attached hydrogen (secondary N) is 1. The summed E-state index contributed by atoms with van der Waals surface area (Å²) in [7, 11) is 2.09. The minimum Gasteiger partial charge on any atom is -0.316 e. The van der Waals surface area contributed by atoms with E-state index in [1.807, 2.05) is 11.8 Å². The minimum atomic E-state index is 0.534. The highest BCUT2D eigenvalue weighted by Crippen LogP contribution is 2.35. The maximum absolute atomic E-state index is 4.29. The third kappa shape index (κ3) is 3.17. The van der Waals surface area contributed by atoms with E-state index in [2.05, 4.69) is 32.6 Å². The monoisotopic (exact) mass is 295 g/mol. The van der Waals surface area contributed by atoms with E-state index >= 15 is 0 Å². The van der Waals surface area contributed by atoms with Crippen molar-refractivity contribution < 1.29 is 0 Å². The van der Waals surface area contributed by atoms with Gasteiger partial charge in [0, 0.05) is 11.3 Å². The summed E-state index contributed by atoms with van der Waals surface area (Å²) in [5.41, 5.74) is 0. The zero-order valence-electron chi connectivity index (χ0n) is 12.3. The quantitative estimate of drug-likeness (QED) is 0.866. The van der Waals surface area contributed by atoms with E-state index < -0.39 is 0 Å². The van der Waals surface area contributed by atoms with Gasteiger partial charge >= 0.3 is 0 Å². The first-order chi connectivity index (χ1) is 9.88. The van der Waals surface area contributed by atoms with Crippen molar-refractivity contribution >= 4 is 11.8 Å². The summed E-state index contributed by atoms with van der Waals surface area (Å²) < 4.78 is 2.09. The van der Waals surface area contributed by atoms with E-state index in [1.165, 1.54) is 57.8 Å². The van der Waals surface area contributed by atoms with Gasteiger partial charge in [-0.1, -0.05) is 43.9 Å². The molecule has 0 spiro atoms. The second-order valence-electron chi connectivity index (χ2n) is 6.03. The molecular weight excluding hydrogens is 270 g/mol. The summed E-state index contributed by atoms with van der Waals surface area (Å²) in [6.07, 6.45) is 11.7. The molecule has 0 aliphatic heterocycles. The Kier molecular flexibility index (Phi) is 4.94. The maximum atomic E-state index is 4.29. The van der Waals surface area contributed by atoms with Gasteiger partial charge in [-0.05, 0) is 43.2 Å². The SMILES string of the molecule is CNC1CCCCCC1Sc1nnnn1C1CCCC1. The Bertz CT molecular complexity index is 415. The fraction of sp³-hybridized carbons (Fsp3) is 0.929. The van der Waals surface area contributed by atoms with Gasteiger partial charge in [0.05, 0.1) is 6.04 Å². The molecule has 1 aromatic heterocycles. The van der Waals surface area contributed by atoms with Gasteiger partial charge in [-0.15, -0.1) is 5.10 Å². The van der Waals surface area contributed by atoms with E-state index in [9.17, 15) is 0 Å². The van der Waals surface area contributed by atoms with Crippen LogP contribution in [0.3, 0.4) is 0 Å². The Labute approximate surface area is 125 Å². The molecule has 2 fully saturated rings. The van der Waals surface area contributed by atoms with Crippen molar-refractivity contribution in [3.8, 4) is 0 Å². The van der Waals surface area contributed by atoms with Crippen LogP contribution in [0.2, 0.25) is 0 Å². The molecule has 2 aliphatic rings. The average molecular weight is 295 g/mol. The number of nitrogens with zero attached hydrogens (tertiary/aromatic N) is 4. The van der Waals surface area contributed by atoms with E-state index in [0.29, 0.717) is 17.3 Å². The number of rotatable bonds is 4. The highest BCUT2D eigenvalue weighted by atomic mass is 32.2. The van der Waals surface area contributed by atoms with Gasteiger partial charge in [-0.2, -0.15) is 0 Å². The van der Waals surface area contributed by atoms with Crippen LogP contribution < -0.4 is 5.32 Å². The van der Waals surface area contributed by atoms with Gasteiger partial charge in [0.1, 0.15) is 0 Å². The molecule has 2 aliphatic carbocycles. The summed E-state index contributed by atoms with van der Waals surface area (Å²) in [4.78, 5) is 0. The Balaban J connectivity index is 1.71. The Morgan fingerprint density at radius 3 is 2.60 bits per heavy atom. The molecule has 0 bridgehead atoms. The van der Waals surface area contributed by atoms with E-state index in [-0.39, 0.29) is 0 Å². The standard InChI is InChI=1S/C14H25N5S/c1-15-12-9-3-2-4-10-13(12)20-14-16-17-18-19(14)11-7-5-6-8-11/h11-13,15H,2-10H2,1H3. The van der Waals surface area contributed by atoms with Crippen LogP contribution in [0.1, 0.15) is 63.8 Å². The van der Waals surface area contributed by atoms with Crippen molar-refractivity contribution in [2.75, 3.05) is 7.05 Å². The van der Waals surface area contributed by atoms with Crippen LogP contribution >= 0.6 is 11.8 Å². The van der Waals surface area contributed by atoms with Gasteiger partial charge < -0.3 is 5.32 Å². The number of aromatic nitrogens is 4. The lowest BCUT2D eigenvalue weighted by Gasteiger charge is -2.24. The van der Waals surface area contributed by atoms with Crippen LogP contribution in [0, 0.1) is 0 Å². The highest BCUT2D eigenvalue weighted by Gasteiger charge is 2.28. The molecule has 0 saturated heterocycles. The van der Waals surface area contributed by atoms with E-state index in [4.69, 9.17) is 0 Å². The number of hydrogen-bond donors (Lipinski definition) is 1. The van der Waals surface area contributed by atoms with Crippen LogP contribution in [-0.4, -0.2) is 38.5 Å². The second-order valence-corrected chi connectivity index (χ2v) is 7.24. The fourth-order valence-corrected chi connectivity index (χ4v) is 4.89. The lowest BCUT2D eigenvalue weighted by Crippen LogP contribution is -2.35. The molecule has 2 unspecified atom stereocenters. The molecule has 0 amide bonds. The molecule has 2 saturated carbocycles. The zero-order valence-corrected chi connectivity index (χ0v) is 13.1. The van der Waals surface area contributed by atoms with Gasteiger partial charge in [-0.3, -0.25) is 0 Å². The number of hydrogen-bond acceptors (Lipinski definition) is 5. The fourth-order valence-electron chi connectivity index (χ4n) is 3.52. The summed E-state index contributed by atoms with van der Waals surface area (Å²) in [6.45, 7) is 0. The molecule has 1 aromatic rings. The smallest absolute Gasteiger partial charge is 0.209 e. The van der Waals surface area contributed by atoms with Crippen LogP contribution in [-0.2, 0) is 0 Å². The summed E-state index contributed by atoms with van der Waals surface area (Å²) in [6, 6.07) is 1.13. The first kappa shape index (κ1) is 14.3. The molecule has 0 radical (unpaired) electrons. The van der Waals surface area contributed by atoms with Gasteiger partial charge in [0.15, 0.2) is 0 Å². The van der Waals surface area contributed by atoms with E-state index in [0.717, 1.165) is 5.16 Å². The largest absolute Gasteiger partial charge is 0.316 e. The molecule has 20 heavy (non-hydrogen) atoms. The number of thioether (sulfide) groups is 1. The zero-order chi connectivity index (χ0) is 13.8. The molecule has 2 atom stereocenters. The lowest BCUT2D eigenvalue weighted by molar-refractivity contribution is 0.421. The highest BCUT2D eigenvalue weighted by molar-refractivity contribution is 7.99. The van der Waals surface area contributed by atoms with Crippen molar-refractivity contribution in [3.05, 3.63) is 0 Å². The average Bonchev–Trinajstić information content (AvgIpc) is 3.07. The van der Waals surface area contributed by atoms with Crippen molar-refractivity contribution in [1.29, 1.82) is 0 Å². The molecule has 0 aromatic carbocycles. The summed E-state index contributed by atoms with van der Waals surface area (Å²) >= 11 is 1.90. The first-order valence-electron chi connectivity index (χ1n) is 8.00. The van der Waals surface area contributed by atoms with E-state index in [1.54, 1.807) is 0 Å². The topological polar surface area (TPSA) is 55.6 Å². The first-order valence-corrected chi connectivity index (χ1v) is 8.88. The van der Waals surface area contributed by atoms with Crippen LogP contribution in [0.5, 0.6) is 0 Å². The molecule has 112 valence electrons. The third-order valence-electron chi connectivity index (χ3n) is 4.71. The molecule has 6 heteroatoms. The van der Waals surface area contributed by atoms with Crippen molar-refractivity contribution in [1.82, 2.24) is 25.5 Å². The van der Waals surface area contributed by atoms with Crippen molar-refractivity contribution in [3.63, 3.8) is 0 Å². The minimum absolute atomic E-state index is 0.534. The maximum Gasteiger partial charge on any atom is 0.209 e. The summed E-state index contributed by atoms with van der Waals surface area (Å²) in [5, 5.41) is 17.6. The van der Waals surface area contributed by atoms with Crippen molar-refractivity contribution in [2.45, 2.75) is 80.3 Å². The second kappa shape index (κ2) is 6.89. The van der Waals surface area contributed by atoms with Gasteiger partial charge in [0.2, 0.25) is 5.16 Å².